The Hall–Kier alpha value is -0.120. The fraction of sp³-hybridized carbons (Fsp3) is 1.00. The van der Waals surface area contributed by atoms with Gasteiger partial charge in [0.15, 0.2) is 5.79 Å². The standard InChI is InChI=1S/C8H16O3/c1-8(2)10-6-7(11-8)4-3-5-9/h7,9H,3-6H2,1-2H3/t7-/m0/s1. The number of aliphatic hydroxyl groups excluding tert-OH is 1. The maximum absolute atomic E-state index is 8.56. The Kier molecular flexibility index (Phi) is 2.87. The second-order valence-corrected chi connectivity index (χ2v) is 3.32. The zero-order valence-electron chi connectivity index (χ0n) is 7.17. The van der Waals surface area contributed by atoms with Crippen molar-refractivity contribution >= 4 is 0 Å². The highest BCUT2D eigenvalue weighted by Crippen LogP contribution is 2.24. The molecule has 1 rings (SSSR count). The monoisotopic (exact) mass is 160 g/mol. The largest absolute Gasteiger partial charge is 0.396 e. The molecule has 0 radical (unpaired) electrons. The van der Waals surface area contributed by atoms with Crippen LogP contribution in [-0.4, -0.2) is 30.2 Å². The molecule has 0 aromatic carbocycles. The van der Waals surface area contributed by atoms with Crippen molar-refractivity contribution in [3.05, 3.63) is 0 Å². The van der Waals surface area contributed by atoms with E-state index < -0.39 is 5.79 Å². The number of ether oxygens (including phenoxy) is 2. The lowest BCUT2D eigenvalue weighted by molar-refractivity contribution is -0.139. The molecule has 0 amide bonds. The molecule has 66 valence electrons. The first-order valence-electron chi connectivity index (χ1n) is 4.07. The van der Waals surface area contributed by atoms with Crippen LogP contribution in [0.5, 0.6) is 0 Å². The van der Waals surface area contributed by atoms with Gasteiger partial charge in [0, 0.05) is 6.61 Å². The quantitative estimate of drug-likeness (QED) is 0.667. The van der Waals surface area contributed by atoms with Crippen molar-refractivity contribution in [2.24, 2.45) is 0 Å². The summed E-state index contributed by atoms with van der Waals surface area (Å²) in [4.78, 5) is 0. The molecule has 3 nitrogen and oxygen atoms in total. The molecule has 11 heavy (non-hydrogen) atoms. The van der Waals surface area contributed by atoms with Gasteiger partial charge in [0.1, 0.15) is 0 Å². The van der Waals surface area contributed by atoms with Crippen LogP contribution in [0.4, 0.5) is 0 Å². The molecule has 0 unspecified atom stereocenters. The number of aliphatic hydroxyl groups is 1. The van der Waals surface area contributed by atoms with E-state index >= 15 is 0 Å². The summed E-state index contributed by atoms with van der Waals surface area (Å²) in [6, 6.07) is 0. The van der Waals surface area contributed by atoms with E-state index in [9.17, 15) is 0 Å². The molecule has 0 bridgehead atoms. The molecule has 0 aromatic heterocycles. The first-order chi connectivity index (χ1) is 5.14. The Balaban J connectivity index is 2.20. The normalized spacial score (nSPS) is 29.2. The average molecular weight is 160 g/mol. The Morgan fingerprint density at radius 3 is 2.73 bits per heavy atom. The van der Waals surface area contributed by atoms with Gasteiger partial charge in [-0.2, -0.15) is 0 Å². The van der Waals surface area contributed by atoms with E-state index in [0.717, 1.165) is 12.8 Å². The van der Waals surface area contributed by atoms with Gasteiger partial charge in [-0.25, -0.2) is 0 Å². The molecular formula is C8H16O3. The van der Waals surface area contributed by atoms with Crippen molar-refractivity contribution in [1.82, 2.24) is 0 Å². The third-order valence-corrected chi connectivity index (χ3v) is 1.75. The number of hydrogen-bond donors (Lipinski definition) is 1. The van der Waals surface area contributed by atoms with Crippen LogP contribution >= 0.6 is 0 Å². The summed E-state index contributed by atoms with van der Waals surface area (Å²) in [7, 11) is 0. The summed E-state index contributed by atoms with van der Waals surface area (Å²) in [6.45, 7) is 4.71. The predicted molar refractivity (Wildman–Crippen MR) is 41.2 cm³/mol. The smallest absolute Gasteiger partial charge is 0.163 e. The van der Waals surface area contributed by atoms with Crippen LogP contribution in [0.2, 0.25) is 0 Å². The Morgan fingerprint density at radius 2 is 2.27 bits per heavy atom. The topological polar surface area (TPSA) is 38.7 Å². The molecule has 1 atom stereocenters. The van der Waals surface area contributed by atoms with Crippen molar-refractivity contribution in [1.29, 1.82) is 0 Å². The van der Waals surface area contributed by atoms with Gasteiger partial charge in [-0.1, -0.05) is 0 Å². The van der Waals surface area contributed by atoms with Crippen molar-refractivity contribution in [2.45, 2.75) is 38.6 Å². The van der Waals surface area contributed by atoms with Crippen LogP contribution in [0, 0.1) is 0 Å². The Morgan fingerprint density at radius 1 is 1.55 bits per heavy atom. The van der Waals surface area contributed by atoms with E-state index in [-0.39, 0.29) is 12.7 Å². The summed E-state index contributed by atoms with van der Waals surface area (Å²) in [6.07, 6.45) is 1.86. The van der Waals surface area contributed by atoms with Crippen LogP contribution in [0.15, 0.2) is 0 Å². The van der Waals surface area contributed by atoms with Gasteiger partial charge in [-0.05, 0) is 26.7 Å². The van der Waals surface area contributed by atoms with Gasteiger partial charge in [0.05, 0.1) is 12.7 Å². The summed E-state index contributed by atoms with van der Waals surface area (Å²) < 4.78 is 10.9. The fourth-order valence-corrected chi connectivity index (χ4v) is 1.22. The molecule has 1 aliphatic rings. The van der Waals surface area contributed by atoms with Gasteiger partial charge < -0.3 is 14.6 Å². The maximum Gasteiger partial charge on any atom is 0.163 e. The second-order valence-electron chi connectivity index (χ2n) is 3.32. The molecule has 1 heterocycles. The minimum atomic E-state index is -0.417. The maximum atomic E-state index is 8.56. The van der Waals surface area contributed by atoms with Crippen molar-refractivity contribution in [3.8, 4) is 0 Å². The van der Waals surface area contributed by atoms with E-state index in [0.29, 0.717) is 6.61 Å². The van der Waals surface area contributed by atoms with Gasteiger partial charge in [-0.3, -0.25) is 0 Å². The molecule has 0 aromatic rings. The van der Waals surface area contributed by atoms with Gasteiger partial charge in [0.2, 0.25) is 0 Å². The minimum Gasteiger partial charge on any atom is -0.396 e. The molecule has 1 aliphatic heterocycles. The molecule has 0 aliphatic carbocycles. The summed E-state index contributed by atoms with van der Waals surface area (Å²) in [5, 5.41) is 8.56. The van der Waals surface area contributed by atoms with E-state index in [4.69, 9.17) is 14.6 Å². The zero-order chi connectivity index (χ0) is 8.32. The third kappa shape index (κ3) is 2.77. The highest BCUT2D eigenvalue weighted by molar-refractivity contribution is 4.70. The molecule has 1 fully saturated rings. The first kappa shape index (κ1) is 8.97. The zero-order valence-corrected chi connectivity index (χ0v) is 7.17. The highest BCUT2D eigenvalue weighted by Gasteiger charge is 2.31. The van der Waals surface area contributed by atoms with Crippen LogP contribution in [0.1, 0.15) is 26.7 Å². The Labute approximate surface area is 67.3 Å². The van der Waals surface area contributed by atoms with E-state index in [1.807, 2.05) is 13.8 Å². The molecular weight excluding hydrogens is 144 g/mol. The van der Waals surface area contributed by atoms with Gasteiger partial charge >= 0.3 is 0 Å². The number of rotatable bonds is 3. The lowest BCUT2D eigenvalue weighted by Gasteiger charge is -2.16. The molecule has 0 spiro atoms. The van der Waals surface area contributed by atoms with E-state index in [1.165, 1.54) is 0 Å². The van der Waals surface area contributed by atoms with Gasteiger partial charge in [0.25, 0.3) is 0 Å². The first-order valence-corrected chi connectivity index (χ1v) is 4.07. The molecule has 1 N–H and O–H groups in total. The second kappa shape index (κ2) is 3.52. The SMILES string of the molecule is CC1(C)OC[C@H](CCCO)O1. The summed E-state index contributed by atoms with van der Waals surface area (Å²) in [5.74, 6) is -0.417. The molecule has 0 saturated carbocycles. The van der Waals surface area contributed by atoms with Crippen LogP contribution in [0.25, 0.3) is 0 Å². The van der Waals surface area contributed by atoms with Crippen molar-refractivity contribution < 1.29 is 14.6 Å². The lowest BCUT2D eigenvalue weighted by atomic mass is 10.2. The van der Waals surface area contributed by atoms with Crippen molar-refractivity contribution in [2.75, 3.05) is 13.2 Å². The number of hydrogen-bond acceptors (Lipinski definition) is 3. The fourth-order valence-electron chi connectivity index (χ4n) is 1.22. The van der Waals surface area contributed by atoms with Crippen LogP contribution < -0.4 is 0 Å². The van der Waals surface area contributed by atoms with Crippen LogP contribution in [0.3, 0.4) is 0 Å². The Bertz CT molecular complexity index is 123. The van der Waals surface area contributed by atoms with E-state index in [2.05, 4.69) is 0 Å². The average Bonchev–Trinajstić information content (AvgIpc) is 2.26. The third-order valence-electron chi connectivity index (χ3n) is 1.75. The lowest BCUT2D eigenvalue weighted by Crippen LogP contribution is -2.21. The summed E-state index contributed by atoms with van der Waals surface area (Å²) >= 11 is 0. The van der Waals surface area contributed by atoms with E-state index in [1.54, 1.807) is 0 Å². The molecule has 3 heteroatoms. The predicted octanol–water partition coefficient (Wildman–Crippen LogP) is 0.910. The van der Waals surface area contributed by atoms with Crippen LogP contribution in [-0.2, 0) is 9.47 Å². The highest BCUT2D eigenvalue weighted by atomic mass is 16.7. The summed E-state index contributed by atoms with van der Waals surface area (Å²) in [5.41, 5.74) is 0. The molecule has 1 saturated heterocycles. The van der Waals surface area contributed by atoms with Crippen molar-refractivity contribution in [3.63, 3.8) is 0 Å². The minimum absolute atomic E-state index is 0.178. The van der Waals surface area contributed by atoms with Gasteiger partial charge in [-0.15, -0.1) is 0 Å².